The van der Waals surface area contributed by atoms with Gasteiger partial charge in [-0.2, -0.15) is 5.10 Å². The number of hydrazone groups is 1. The van der Waals surface area contributed by atoms with Crippen LogP contribution in [-0.2, 0) is 4.79 Å². The first kappa shape index (κ1) is 27.5. The Labute approximate surface area is 245 Å². The molecule has 176 valence electrons. The molecule has 0 atom stereocenters. The molecule has 34 heavy (non-hydrogen) atoms. The van der Waals surface area contributed by atoms with Gasteiger partial charge >= 0.3 is 5.97 Å². The van der Waals surface area contributed by atoms with Crippen LogP contribution in [0, 0.1) is 0 Å². The van der Waals surface area contributed by atoms with Crippen LogP contribution in [0.15, 0.2) is 80.5 Å². The minimum Gasteiger partial charge on any atom is -0.481 e. The normalized spacial score (nSPS) is 10.9. The zero-order valence-corrected chi connectivity index (χ0v) is 26.3. The summed E-state index contributed by atoms with van der Waals surface area (Å²) >= 11 is 20.3. The predicted molar refractivity (Wildman–Crippen MR) is 152 cm³/mol. The van der Waals surface area contributed by atoms with Crippen molar-refractivity contribution in [1.82, 2.24) is 5.43 Å². The van der Waals surface area contributed by atoms with Crippen molar-refractivity contribution in [2.24, 2.45) is 5.10 Å². The van der Waals surface area contributed by atoms with Gasteiger partial charge in [-0.25, -0.2) is 10.2 Å². The molecule has 0 aliphatic rings. The molecule has 0 saturated heterocycles. The van der Waals surface area contributed by atoms with Crippen molar-refractivity contribution in [2.75, 3.05) is 6.61 Å². The summed E-state index contributed by atoms with van der Waals surface area (Å²) in [4.78, 5) is 24.8. The summed E-state index contributed by atoms with van der Waals surface area (Å²) in [6, 6.07) is 13.9. The van der Waals surface area contributed by atoms with Gasteiger partial charge in [-0.15, -0.1) is 0 Å². The quantitative estimate of drug-likeness (QED) is 0.113. The van der Waals surface area contributed by atoms with Gasteiger partial charge in [-0.3, -0.25) is 4.79 Å². The highest BCUT2D eigenvalue weighted by atomic mass is 79.9. The second-order valence-corrected chi connectivity index (χ2v) is 11.8. The summed E-state index contributed by atoms with van der Waals surface area (Å²) in [5.41, 5.74) is 3.24. The van der Waals surface area contributed by atoms with Crippen molar-refractivity contribution in [3.05, 3.63) is 86.5 Å². The maximum atomic E-state index is 12.6. The molecule has 3 aromatic rings. The zero-order chi connectivity index (χ0) is 24.8. The van der Waals surface area contributed by atoms with Crippen molar-refractivity contribution in [3.8, 4) is 11.5 Å². The largest absolute Gasteiger partial charge is 0.481 e. The second-order valence-electron chi connectivity index (χ2n) is 6.49. The first-order valence-electron chi connectivity index (χ1n) is 9.20. The van der Waals surface area contributed by atoms with Crippen LogP contribution in [0.1, 0.15) is 15.9 Å². The number of hydrogen-bond acceptors (Lipinski definition) is 5. The molecule has 1 N–H and O–H groups in total. The molecule has 1 amide bonds. The number of nitrogens with one attached hydrogen (secondary N) is 1. The number of benzene rings is 3. The molecule has 0 aliphatic carbocycles. The molecule has 0 aromatic heterocycles. The van der Waals surface area contributed by atoms with E-state index in [1.165, 1.54) is 6.21 Å². The van der Waals surface area contributed by atoms with E-state index in [1.54, 1.807) is 42.5 Å². The number of carbonyl (C=O) groups is 2. The Balaban J connectivity index is 1.69. The summed E-state index contributed by atoms with van der Waals surface area (Å²) in [5, 5.41) is 3.97. The molecule has 3 aromatic carbocycles. The van der Waals surface area contributed by atoms with Crippen molar-refractivity contribution in [3.63, 3.8) is 0 Å². The minimum atomic E-state index is -0.540. The molecule has 0 unspecified atom stereocenters. The van der Waals surface area contributed by atoms with Gasteiger partial charge < -0.3 is 9.47 Å². The van der Waals surface area contributed by atoms with Crippen LogP contribution in [0.4, 0.5) is 0 Å². The maximum absolute atomic E-state index is 12.6. The van der Waals surface area contributed by atoms with Gasteiger partial charge in [0.15, 0.2) is 12.4 Å². The fraction of sp³-hybridized carbons (Fsp3) is 0.0455. The zero-order valence-electron chi connectivity index (χ0n) is 16.8. The van der Waals surface area contributed by atoms with Crippen molar-refractivity contribution in [1.29, 1.82) is 0 Å². The van der Waals surface area contributed by atoms with Crippen LogP contribution in [-0.4, -0.2) is 24.7 Å². The van der Waals surface area contributed by atoms with Crippen LogP contribution >= 0.6 is 95.6 Å². The maximum Gasteiger partial charge on any atom is 0.343 e. The van der Waals surface area contributed by atoms with E-state index >= 15 is 0 Å². The number of rotatable bonds is 7. The first-order chi connectivity index (χ1) is 16.1. The summed E-state index contributed by atoms with van der Waals surface area (Å²) in [7, 11) is 0. The average molecular weight is 848 g/mol. The highest BCUT2D eigenvalue weighted by Crippen LogP contribution is 2.36. The number of hydrogen-bond donors (Lipinski definition) is 1. The first-order valence-corrected chi connectivity index (χ1v) is 14.0. The second kappa shape index (κ2) is 12.8. The lowest BCUT2D eigenvalue weighted by atomic mass is 10.2. The lowest BCUT2D eigenvalue weighted by Crippen LogP contribution is -2.24. The molecule has 6 nitrogen and oxygen atoms in total. The SMILES string of the molecule is O=C(COc1c(Br)cc(Br)cc1Br)N/N=C/c1cc(Br)cc(Br)c1OC(=O)c1cccc(Br)c1. The van der Waals surface area contributed by atoms with Gasteiger partial charge in [0.05, 0.1) is 25.2 Å². The molecule has 12 heteroatoms. The predicted octanol–water partition coefficient (Wildman–Crippen LogP) is 8.01. The number of halogens is 6. The summed E-state index contributed by atoms with van der Waals surface area (Å²) in [5.74, 6) is -0.271. The van der Waals surface area contributed by atoms with Gasteiger partial charge in [0.25, 0.3) is 5.91 Å². The monoisotopic (exact) mass is 842 g/mol. The topological polar surface area (TPSA) is 77.0 Å². The molecular weight excluding hydrogens is 836 g/mol. The molecule has 0 aliphatic heterocycles. The number of ether oxygens (including phenoxy) is 2. The van der Waals surface area contributed by atoms with Gasteiger partial charge in [0.1, 0.15) is 5.75 Å². The Morgan fingerprint density at radius 3 is 2.09 bits per heavy atom. The Bertz CT molecular complexity index is 1260. The molecule has 0 radical (unpaired) electrons. The van der Waals surface area contributed by atoms with Gasteiger partial charge in [0.2, 0.25) is 0 Å². The van der Waals surface area contributed by atoms with E-state index in [0.29, 0.717) is 30.3 Å². The van der Waals surface area contributed by atoms with Crippen LogP contribution < -0.4 is 14.9 Å². The Kier molecular flexibility index (Phi) is 10.3. The number of amides is 1. The Hall–Kier alpha value is -1.05. The van der Waals surface area contributed by atoms with Crippen LogP contribution in [0.25, 0.3) is 0 Å². The van der Waals surface area contributed by atoms with Crippen molar-refractivity contribution < 1.29 is 19.1 Å². The van der Waals surface area contributed by atoms with E-state index in [0.717, 1.165) is 13.4 Å². The number of esters is 1. The van der Waals surface area contributed by atoms with E-state index in [4.69, 9.17) is 9.47 Å². The van der Waals surface area contributed by atoms with Gasteiger partial charge in [0, 0.05) is 19.0 Å². The smallest absolute Gasteiger partial charge is 0.343 e. The molecular formula is C22H12Br6N2O4. The van der Waals surface area contributed by atoms with Gasteiger partial charge in [-0.1, -0.05) is 53.9 Å². The molecule has 0 fully saturated rings. The molecule has 3 rings (SSSR count). The fourth-order valence-corrected chi connectivity index (χ4v) is 6.79. The third-order valence-corrected chi connectivity index (χ3v) is 7.17. The third kappa shape index (κ3) is 7.72. The molecule has 0 bridgehead atoms. The highest BCUT2D eigenvalue weighted by Gasteiger charge is 2.16. The third-order valence-electron chi connectivity index (χ3n) is 4.00. The minimum absolute atomic E-state index is 0.255. The van der Waals surface area contributed by atoms with E-state index < -0.39 is 11.9 Å². The summed E-state index contributed by atoms with van der Waals surface area (Å²) in [6.45, 7) is -0.261. The summed E-state index contributed by atoms with van der Waals surface area (Å²) < 4.78 is 15.4. The number of nitrogens with zero attached hydrogens (tertiary/aromatic N) is 1. The highest BCUT2D eigenvalue weighted by molar-refractivity contribution is 9.12. The Morgan fingerprint density at radius 1 is 0.824 bits per heavy atom. The standard InChI is InChI=1S/C22H12Br6N2O4/c23-13-3-1-2-11(4-13)22(32)34-20-12(5-14(24)6-16(20)26)9-29-30-19(31)10-33-21-17(27)7-15(25)8-18(21)28/h1-9H,10H2,(H,30,31)/b29-9+. The molecule has 0 heterocycles. The van der Waals surface area contributed by atoms with E-state index in [2.05, 4.69) is 106 Å². The number of carbonyl (C=O) groups excluding carboxylic acids is 2. The fourth-order valence-electron chi connectivity index (χ4n) is 2.56. The summed E-state index contributed by atoms with van der Waals surface area (Å²) in [6.07, 6.45) is 1.38. The van der Waals surface area contributed by atoms with E-state index in [9.17, 15) is 9.59 Å². The lowest BCUT2D eigenvalue weighted by Gasteiger charge is -2.11. The molecule has 0 spiro atoms. The van der Waals surface area contributed by atoms with Crippen molar-refractivity contribution >= 4 is 114 Å². The van der Waals surface area contributed by atoms with Crippen LogP contribution in [0.5, 0.6) is 11.5 Å². The van der Waals surface area contributed by atoms with Crippen LogP contribution in [0.2, 0.25) is 0 Å². The lowest BCUT2D eigenvalue weighted by molar-refractivity contribution is -0.123. The Morgan fingerprint density at radius 2 is 1.44 bits per heavy atom. The van der Waals surface area contributed by atoms with Gasteiger partial charge in [-0.05, 0) is 90.3 Å². The van der Waals surface area contributed by atoms with E-state index in [1.807, 2.05) is 6.07 Å². The molecule has 0 saturated carbocycles. The van der Waals surface area contributed by atoms with Crippen LogP contribution in [0.3, 0.4) is 0 Å². The van der Waals surface area contributed by atoms with E-state index in [-0.39, 0.29) is 12.4 Å². The van der Waals surface area contributed by atoms with Crippen molar-refractivity contribution in [2.45, 2.75) is 0 Å². The average Bonchev–Trinajstić information content (AvgIpc) is 2.75.